The lowest BCUT2D eigenvalue weighted by atomic mass is 10.1. The highest BCUT2D eigenvalue weighted by Crippen LogP contribution is 2.17. The van der Waals surface area contributed by atoms with Gasteiger partial charge in [-0.1, -0.05) is 67.4 Å². The van der Waals surface area contributed by atoms with Gasteiger partial charge in [0.2, 0.25) is 11.8 Å². The molecule has 0 aliphatic carbocycles. The first-order chi connectivity index (χ1) is 14.3. The Morgan fingerprint density at radius 3 is 2.20 bits per heavy atom. The van der Waals surface area contributed by atoms with E-state index >= 15 is 0 Å². The quantitative estimate of drug-likeness (QED) is 0.554. The minimum absolute atomic E-state index is 0.0470. The van der Waals surface area contributed by atoms with Crippen LogP contribution in [0.2, 0.25) is 5.02 Å². The highest BCUT2D eigenvalue weighted by molar-refractivity contribution is 7.99. The van der Waals surface area contributed by atoms with Crippen molar-refractivity contribution in [1.82, 2.24) is 10.2 Å². The fraction of sp³-hybridized carbons (Fsp3) is 0.417. The Morgan fingerprint density at radius 1 is 1.00 bits per heavy atom. The number of carbonyl (C=O) groups is 2. The number of carbonyl (C=O) groups excluding carboxylic acids is 2. The summed E-state index contributed by atoms with van der Waals surface area (Å²) in [5, 5.41) is 3.58. The standard InChI is InChI=1S/C24H31ClN2O2S/c1-17(2)13-26-24(29)19(4)27(14-20-9-11-22(25)12-10-20)23(28)16-30-15-21-7-5-18(3)6-8-21/h5-12,17,19H,13-16H2,1-4H3,(H,26,29)/t19-/m0/s1. The van der Waals surface area contributed by atoms with E-state index in [-0.39, 0.29) is 11.8 Å². The van der Waals surface area contributed by atoms with Gasteiger partial charge in [-0.2, -0.15) is 0 Å². The molecule has 0 saturated carbocycles. The molecule has 2 rings (SSSR count). The van der Waals surface area contributed by atoms with Crippen LogP contribution >= 0.6 is 23.4 Å². The van der Waals surface area contributed by atoms with Crippen LogP contribution < -0.4 is 5.32 Å². The number of nitrogens with one attached hydrogen (secondary N) is 1. The fourth-order valence-electron chi connectivity index (χ4n) is 2.84. The Labute approximate surface area is 189 Å². The van der Waals surface area contributed by atoms with Crippen LogP contribution in [0, 0.1) is 12.8 Å². The molecule has 0 saturated heterocycles. The number of thioether (sulfide) groups is 1. The second-order valence-corrected chi connectivity index (χ2v) is 9.36. The van der Waals surface area contributed by atoms with Gasteiger partial charge >= 0.3 is 0 Å². The van der Waals surface area contributed by atoms with Crippen LogP contribution in [0.15, 0.2) is 48.5 Å². The third-order valence-electron chi connectivity index (χ3n) is 4.73. The molecule has 0 fully saturated rings. The minimum atomic E-state index is -0.549. The largest absolute Gasteiger partial charge is 0.354 e. The molecule has 0 aliphatic rings. The molecular weight excluding hydrogens is 416 g/mol. The van der Waals surface area contributed by atoms with Gasteiger partial charge in [0.15, 0.2) is 0 Å². The molecule has 1 N–H and O–H groups in total. The van der Waals surface area contributed by atoms with Gasteiger partial charge in [0, 0.05) is 23.9 Å². The maximum absolute atomic E-state index is 13.0. The SMILES string of the molecule is Cc1ccc(CSCC(=O)N(Cc2ccc(Cl)cc2)[C@@H](C)C(=O)NCC(C)C)cc1. The number of hydrogen-bond acceptors (Lipinski definition) is 3. The molecule has 0 unspecified atom stereocenters. The van der Waals surface area contributed by atoms with E-state index < -0.39 is 6.04 Å². The van der Waals surface area contributed by atoms with Gasteiger partial charge in [-0.15, -0.1) is 11.8 Å². The molecule has 0 radical (unpaired) electrons. The molecular formula is C24H31ClN2O2S. The highest BCUT2D eigenvalue weighted by Gasteiger charge is 2.26. The topological polar surface area (TPSA) is 49.4 Å². The summed E-state index contributed by atoms with van der Waals surface area (Å²) in [6.07, 6.45) is 0. The number of aryl methyl sites for hydroxylation is 1. The third kappa shape index (κ3) is 8.04. The van der Waals surface area contributed by atoms with Crippen LogP contribution in [0.4, 0.5) is 0 Å². The Balaban J connectivity index is 2.04. The third-order valence-corrected chi connectivity index (χ3v) is 5.97. The van der Waals surface area contributed by atoms with E-state index in [0.717, 1.165) is 11.3 Å². The first kappa shape index (κ1) is 24.3. The van der Waals surface area contributed by atoms with Crippen LogP contribution in [0.1, 0.15) is 37.5 Å². The molecule has 2 aromatic carbocycles. The van der Waals surface area contributed by atoms with Gasteiger partial charge in [0.05, 0.1) is 5.75 Å². The van der Waals surface area contributed by atoms with Crippen LogP contribution in [-0.4, -0.2) is 35.1 Å². The van der Waals surface area contributed by atoms with Crippen molar-refractivity contribution in [2.45, 2.75) is 46.0 Å². The molecule has 2 amide bonds. The average molecular weight is 447 g/mol. The Bertz CT molecular complexity index is 822. The van der Waals surface area contributed by atoms with Crippen LogP contribution in [-0.2, 0) is 21.9 Å². The zero-order chi connectivity index (χ0) is 22.1. The van der Waals surface area contributed by atoms with E-state index in [1.54, 1.807) is 35.7 Å². The Morgan fingerprint density at radius 2 is 1.60 bits per heavy atom. The van der Waals surface area contributed by atoms with Gasteiger partial charge in [0.1, 0.15) is 6.04 Å². The van der Waals surface area contributed by atoms with E-state index in [9.17, 15) is 9.59 Å². The summed E-state index contributed by atoms with van der Waals surface area (Å²) in [5.74, 6) is 1.26. The summed E-state index contributed by atoms with van der Waals surface area (Å²) in [6.45, 7) is 8.90. The van der Waals surface area contributed by atoms with Gasteiger partial charge in [-0.05, 0) is 43.0 Å². The second kappa shape index (κ2) is 12.0. The molecule has 4 nitrogen and oxygen atoms in total. The fourth-order valence-corrected chi connectivity index (χ4v) is 3.84. The maximum atomic E-state index is 13.0. The molecule has 0 aliphatic heterocycles. The average Bonchev–Trinajstić information content (AvgIpc) is 2.72. The van der Waals surface area contributed by atoms with E-state index in [0.29, 0.717) is 29.8 Å². The molecule has 6 heteroatoms. The van der Waals surface area contributed by atoms with Crippen molar-refractivity contribution >= 4 is 35.2 Å². The van der Waals surface area contributed by atoms with Crippen LogP contribution in [0.5, 0.6) is 0 Å². The van der Waals surface area contributed by atoms with Crippen LogP contribution in [0.25, 0.3) is 0 Å². The Hall–Kier alpha value is -1.98. The van der Waals surface area contributed by atoms with Crippen molar-refractivity contribution < 1.29 is 9.59 Å². The summed E-state index contributed by atoms with van der Waals surface area (Å²) in [5.41, 5.74) is 3.35. The van der Waals surface area contributed by atoms with Gasteiger partial charge in [-0.25, -0.2) is 0 Å². The smallest absolute Gasteiger partial charge is 0.242 e. The summed E-state index contributed by atoms with van der Waals surface area (Å²) in [6, 6.07) is 15.1. The lowest BCUT2D eigenvalue weighted by molar-refractivity contribution is -0.138. The van der Waals surface area contributed by atoms with E-state index in [1.807, 2.05) is 26.0 Å². The summed E-state index contributed by atoms with van der Waals surface area (Å²) >= 11 is 7.55. The number of halogens is 1. The summed E-state index contributed by atoms with van der Waals surface area (Å²) in [7, 11) is 0. The Kier molecular flexibility index (Phi) is 9.73. The number of hydrogen-bond donors (Lipinski definition) is 1. The molecule has 2 aromatic rings. The number of benzene rings is 2. The van der Waals surface area contributed by atoms with E-state index in [1.165, 1.54) is 11.1 Å². The maximum Gasteiger partial charge on any atom is 0.242 e. The molecule has 30 heavy (non-hydrogen) atoms. The highest BCUT2D eigenvalue weighted by atomic mass is 35.5. The van der Waals surface area contributed by atoms with E-state index in [4.69, 9.17) is 11.6 Å². The number of nitrogens with zero attached hydrogens (tertiary/aromatic N) is 1. The van der Waals surface area contributed by atoms with E-state index in [2.05, 4.69) is 36.5 Å². The number of rotatable bonds is 10. The molecule has 162 valence electrons. The van der Waals surface area contributed by atoms with Crippen molar-refractivity contribution in [3.05, 3.63) is 70.2 Å². The second-order valence-electron chi connectivity index (χ2n) is 7.94. The van der Waals surface area contributed by atoms with Crippen molar-refractivity contribution in [3.8, 4) is 0 Å². The van der Waals surface area contributed by atoms with Gasteiger partial charge in [0.25, 0.3) is 0 Å². The normalized spacial score (nSPS) is 11.9. The molecule has 1 atom stereocenters. The van der Waals surface area contributed by atoms with Crippen LogP contribution in [0.3, 0.4) is 0 Å². The number of amides is 2. The van der Waals surface area contributed by atoms with Crippen molar-refractivity contribution in [3.63, 3.8) is 0 Å². The zero-order valence-corrected chi connectivity index (χ0v) is 19.7. The molecule has 0 spiro atoms. The molecule has 0 heterocycles. The molecule has 0 aromatic heterocycles. The van der Waals surface area contributed by atoms with Crippen molar-refractivity contribution in [2.24, 2.45) is 5.92 Å². The lowest BCUT2D eigenvalue weighted by Gasteiger charge is -2.29. The van der Waals surface area contributed by atoms with Crippen molar-refractivity contribution in [1.29, 1.82) is 0 Å². The molecule has 0 bridgehead atoms. The first-order valence-corrected chi connectivity index (χ1v) is 11.7. The predicted octanol–water partition coefficient (Wildman–Crippen LogP) is 5.07. The zero-order valence-electron chi connectivity index (χ0n) is 18.2. The summed E-state index contributed by atoms with van der Waals surface area (Å²) < 4.78 is 0. The van der Waals surface area contributed by atoms with Gasteiger partial charge in [-0.3, -0.25) is 9.59 Å². The monoisotopic (exact) mass is 446 g/mol. The van der Waals surface area contributed by atoms with Gasteiger partial charge < -0.3 is 10.2 Å². The first-order valence-electron chi connectivity index (χ1n) is 10.2. The minimum Gasteiger partial charge on any atom is -0.354 e. The lowest BCUT2D eigenvalue weighted by Crippen LogP contribution is -2.48. The summed E-state index contributed by atoms with van der Waals surface area (Å²) in [4.78, 5) is 27.3. The van der Waals surface area contributed by atoms with Crippen molar-refractivity contribution in [2.75, 3.05) is 12.3 Å². The predicted molar refractivity (Wildman–Crippen MR) is 127 cm³/mol.